The minimum Gasteiger partial charge on any atom is -0.462 e. The van der Waals surface area contributed by atoms with Crippen LogP contribution < -0.4 is 0 Å². The summed E-state index contributed by atoms with van der Waals surface area (Å²) < 4.78 is 16.7. The second kappa shape index (κ2) is 42.6. The molecule has 53 heavy (non-hydrogen) atoms. The molecule has 310 valence electrons. The third kappa shape index (κ3) is 40.9. The van der Waals surface area contributed by atoms with Gasteiger partial charge >= 0.3 is 17.9 Å². The van der Waals surface area contributed by atoms with E-state index in [-0.39, 0.29) is 31.1 Å². The van der Waals surface area contributed by atoms with Crippen LogP contribution in [0.4, 0.5) is 0 Å². The molecule has 0 aliphatic carbocycles. The lowest BCUT2D eigenvalue weighted by molar-refractivity contribution is -0.167. The average molecular weight is 747 g/mol. The van der Waals surface area contributed by atoms with Crippen LogP contribution in [0.25, 0.3) is 0 Å². The van der Waals surface area contributed by atoms with Crippen molar-refractivity contribution in [3.63, 3.8) is 0 Å². The van der Waals surface area contributed by atoms with Crippen molar-refractivity contribution >= 4 is 17.9 Å². The summed E-state index contributed by atoms with van der Waals surface area (Å²) in [5.74, 6) is -0.900. The lowest BCUT2D eigenvalue weighted by Gasteiger charge is -2.18. The Hall–Kier alpha value is -2.11. The maximum atomic E-state index is 12.7. The number of carbonyl (C=O) groups is 3. The molecular formula is C47H86O6. The summed E-state index contributed by atoms with van der Waals surface area (Å²) >= 11 is 0. The van der Waals surface area contributed by atoms with Crippen molar-refractivity contribution in [1.82, 2.24) is 0 Å². The number of allylic oxidation sites excluding steroid dienone is 4. The first-order chi connectivity index (χ1) is 26.0. The molecule has 0 aromatic rings. The Morgan fingerprint density at radius 3 is 1.02 bits per heavy atom. The van der Waals surface area contributed by atoms with Crippen LogP contribution >= 0.6 is 0 Å². The lowest BCUT2D eigenvalue weighted by Crippen LogP contribution is -2.30. The van der Waals surface area contributed by atoms with E-state index in [1.165, 1.54) is 116 Å². The summed E-state index contributed by atoms with van der Waals surface area (Å²) in [5, 5.41) is 0. The van der Waals surface area contributed by atoms with Crippen LogP contribution in [0.3, 0.4) is 0 Å². The monoisotopic (exact) mass is 747 g/mol. The summed E-state index contributed by atoms with van der Waals surface area (Å²) in [7, 11) is 0. The molecule has 0 N–H and O–H groups in total. The van der Waals surface area contributed by atoms with E-state index in [0.29, 0.717) is 19.3 Å². The Bertz CT molecular complexity index is 865. The molecule has 0 bridgehead atoms. The van der Waals surface area contributed by atoms with E-state index in [9.17, 15) is 14.4 Å². The number of ether oxygens (including phenoxy) is 3. The molecular weight excluding hydrogens is 661 g/mol. The average Bonchev–Trinajstić information content (AvgIpc) is 3.15. The third-order valence-electron chi connectivity index (χ3n) is 9.93. The standard InChI is InChI=1S/C47H86O6/c1-4-7-10-13-16-19-22-23-26-28-31-34-37-40-46(49)52-43-44(53-47(50)41-38-35-32-29-25-21-18-15-12-9-6-3)42-51-45(48)39-36-33-30-27-24-20-17-14-11-8-5-2/h15,18,23,26,44H,4-14,16-17,19-22,24-25,27-43H2,1-3H3/b18-15-,26-23-. The van der Waals surface area contributed by atoms with Crippen molar-refractivity contribution in [1.29, 1.82) is 0 Å². The highest BCUT2D eigenvalue weighted by molar-refractivity contribution is 5.71. The molecule has 0 aliphatic rings. The fourth-order valence-electron chi connectivity index (χ4n) is 6.42. The first-order valence-electron chi connectivity index (χ1n) is 22.8. The molecule has 0 rings (SSSR count). The number of unbranched alkanes of at least 4 members (excludes halogenated alkanes) is 26. The first-order valence-corrected chi connectivity index (χ1v) is 22.8. The van der Waals surface area contributed by atoms with Gasteiger partial charge in [-0.15, -0.1) is 0 Å². The second-order valence-corrected chi connectivity index (χ2v) is 15.3. The quantitative estimate of drug-likeness (QED) is 0.0268. The van der Waals surface area contributed by atoms with Gasteiger partial charge in [0, 0.05) is 19.3 Å². The van der Waals surface area contributed by atoms with Crippen molar-refractivity contribution in [2.75, 3.05) is 13.2 Å². The van der Waals surface area contributed by atoms with Gasteiger partial charge in [0.05, 0.1) is 0 Å². The SMILES string of the molecule is CCCC/C=C\CCCCCCCC(=O)OC(COC(=O)CCCCC/C=C\CCCCCCCC)COC(=O)CCCCCCCCCCCCC. The molecule has 0 aromatic heterocycles. The normalized spacial score (nSPS) is 12.1. The molecule has 0 aromatic carbocycles. The molecule has 0 heterocycles. The summed E-state index contributed by atoms with van der Waals surface area (Å²) in [6.45, 7) is 6.56. The molecule has 0 radical (unpaired) electrons. The smallest absolute Gasteiger partial charge is 0.306 e. The van der Waals surface area contributed by atoms with Gasteiger partial charge in [-0.25, -0.2) is 0 Å². The third-order valence-corrected chi connectivity index (χ3v) is 9.93. The van der Waals surface area contributed by atoms with Crippen molar-refractivity contribution in [3.05, 3.63) is 24.3 Å². The van der Waals surface area contributed by atoms with Crippen molar-refractivity contribution in [3.8, 4) is 0 Å². The molecule has 0 amide bonds. The minimum absolute atomic E-state index is 0.0767. The molecule has 0 saturated heterocycles. The first kappa shape index (κ1) is 50.9. The van der Waals surface area contributed by atoms with E-state index in [2.05, 4.69) is 45.1 Å². The highest BCUT2D eigenvalue weighted by Crippen LogP contribution is 2.14. The zero-order valence-electron chi connectivity index (χ0n) is 35.3. The van der Waals surface area contributed by atoms with Gasteiger partial charge in [0.1, 0.15) is 13.2 Å². The van der Waals surface area contributed by atoms with Crippen LogP contribution in [0.5, 0.6) is 0 Å². The van der Waals surface area contributed by atoms with Gasteiger partial charge < -0.3 is 14.2 Å². The highest BCUT2D eigenvalue weighted by Gasteiger charge is 2.19. The fourth-order valence-corrected chi connectivity index (χ4v) is 6.42. The topological polar surface area (TPSA) is 78.9 Å². The summed E-state index contributed by atoms with van der Waals surface area (Å²) in [6, 6.07) is 0. The van der Waals surface area contributed by atoms with E-state index in [1.54, 1.807) is 0 Å². The van der Waals surface area contributed by atoms with Gasteiger partial charge in [0.2, 0.25) is 0 Å². The Morgan fingerprint density at radius 1 is 0.358 bits per heavy atom. The lowest BCUT2D eigenvalue weighted by atomic mass is 10.1. The Morgan fingerprint density at radius 2 is 0.642 bits per heavy atom. The predicted octanol–water partition coefficient (Wildman–Crippen LogP) is 14.4. The predicted molar refractivity (Wildman–Crippen MR) is 224 cm³/mol. The molecule has 1 atom stereocenters. The summed E-state index contributed by atoms with van der Waals surface area (Å²) in [5.41, 5.74) is 0. The van der Waals surface area contributed by atoms with Crippen LogP contribution in [-0.4, -0.2) is 37.2 Å². The van der Waals surface area contributed by atoms with Crippen LogP contribution in [-0.2, 0) is 28.6 Å². The van der Waals surface area contributed by atoms with Crippen molar-refractivity contribution in [2.45, 2.75) is 245 Å². The molecule has 6 heteroatoms. The number of carbonyl (C=O) groups excluding carboxylic acids is 3. The van der Waals surface area contributed by atoms with Gasteiger partial charge in [0.25, 0.3) is 0 Å². The van der Waals surface area contributed by atoms with Crippen LogP contribution in [0.1, 0.15) is 239 Å². The molecule has 0 saturated carbocycles. The van der Waals surface area contributed by atoms with Crippen LogP contribution in [0.2, 0.25) is 0 Å². The van der Waals surface area contributed by atoms with Crippen LogP contribution in [0.15, 0.2) is 24.3 Å². The maximum absolute atomic E-state index is 12.7. The van der Waals surface area contributed by atoms with Gasteiger partial charge in [0.15, 0.2) is 6.10 Å². The fraction of sp³-hybridized carbons (Fsp3) is 0.851. The molecule has 6 nitrogen and oxygen atoms in total. The molecule has 0 fully saturated rings. The van der Waals surface area contributed by atoms with E-state index < -0.39 is 6.10 Å². The van der Waals surface area contributed by atoms with Gasteiger partial charge in [-0.2, -0.15) is 0 Å². The zero-order chi connectivity index (χ0) is 38.7. The summed E-state index contributed by atoms with van der Waals surface area (Å²) in [4.78, 5) is 37.7. The maximum Gasteiger partial charge on any atom is 0.306 e. The number of hydrogen-bond acceptors (Lipinski definition) is 6. The summed E-state index contributed by atoms with van der Waals surface area (Å²) in [6.07, 6.45) is 45.8. The molecule has 0 spiro atoms. The van der Waals surface area contributed by atoms with E-state index in [0.717, 1.165) is 83.5 Å². The van der Waals surface area contributed by atoms with Crippen molar-refractivity contribution < 1.29 is 28.6 Å². The highest BCUT2D eigenvalue weighted by atomic mass is 16.6. The van der Waals surface area contributed by atoms with Gasteiger partial charge in [-0.3, -0.25) is 14.4 Å². The largest absolute Gasteiger partial charge is 0.462 e. The van der Waals surface area contributed by atoms with Crippen molar-refractivity contribution in [2.24, 2.45) is 0 Å². The molecule has 1 unspecified atom stereocenters. The van der Waals surface area contributed by atoms with Gasteiger partial charge in [-0.05, 0) is 64.2 Å². The number of esters is 3. The Kier molecular flexibility index (Phi) is 40.9. The van der Waals surface area contributed by atoms with E-state index >= 15 is 0 Å². The Balaban J connectivity index is 4.38. The number of rotatable bonds is 41. The zero-order valence-corrected chi connectivity index (χ0v) is 35.3. The van der Waals surface area contributed by atoms with Gasteiger partial charge in [-0.1, -0.05) is 180 Å². The second-order valence-electron chi connectivity index (χ2n) is 15.3. The Labute approximate surface area is 328 Å². The van der Waals surface area contributed by atoms with Crippen LogP contribution in [0, 0.1) is 0 Å². The van der Waals surface area contributed by atoms with E-state index in [4.69, 9.17) is 14.2 Å². The number of hydrogen-bond donors (Lipinski definition) is 0. The van der Waals surface area contributed by atoms with E-state index in [1.807, 2.05) is 0 Å². The minimum atomic E-state index is -0.774. The molecule has 0 aliphatic heterocycles.